The molecule has 0 aromatic heterocycles. The van der Waals surface area contributed by atoms with E-state index in [2.05, 4.69) is 0 Å². The van der Waals surface area contributed by atoms with Crippen LogP contribution < -0.4 is 0 Å². The number of ether oxygens (including phenoxy) is 2. The molecule has 0 spiro atoms. The lowest BCUT2D eigenvalue weighted by Gasteiger charge is -2.31. The van der Waals surface area contributed by atoms with E-state index in [0.29, 0.717) is 44.9 Å². The summed E-state index contributed by atoms with van der Waals surface area (Å²) in [6, 6.07) is 9.44. The third-order valence-electron chi connectivity index (χ3n) is 4.26. The summed E-state index contributed by atoms with van der Waals surface area (Å²) < 4.78 is 11.0. The summed E-state index contributed by atoms with van der Waals surface area (Å²) in [7, 11) is 0. The lowest BCUT2D eigenvalue weighted by atomic mass is 9.93. The topological polar surface area (TPSA) is 69.7 Å². The average Bonchev–Trinajstić information content (AvgIpc) is 2.59. The SMILES string of the molecule is CC(C)(OC(=O)OC(C)(C)c1ccc(Cl)cc1C=O)c1ccc(Cl)cc1C=O. The van der Waals surface area contributed by atoms with E-state index in [1.165, 1.54) is 12.1 Å². The van der Waals surface area contributed by atoms with Crippen LogP contribution in [0, 0.1) is 0 Å². The van der Waals surface area contributed by atoms with Crippen LogP contribution in [0.4, 0.5) is 4.79 Å². The highest BCUT2D eigenvalue weighted by Crippen LogP contribution is 2.33. The maximum atomic E-state index is 12.5. The van der Waals surface area contributed by atoms with Gasteiger partial charge in [-0.25, -0.2) is 4.79 Å². The van der Waals surface area contributed by atoms with Crippen LogP contribution in [0.5, 0.6) is 0 Å². The van der Waals surface area contributed by atoms with Crippen LogP contribution >= 0.6 is 23.2 Å². The van der Waals surface area contributed by atoms with Crippen LogP contribution in [0.1, 0.15) is 59.5 Å². The predicted molar refractivity (Wildman–Crippen MR) is 107 cm³/mol. The quantitative estimate of drug-likeness (QED) is 0.425. The predicted octanol–water partition coefficient (Wildman–Crippen LogP) is 5.94. The summed E-state index contributed by atoms with van der Waals surface area (Å²) in [4.78, 5) is 35.2. The average molecular weight is 423 g/mol. The van der Waals surface area contributed by atoms with Crippen molar-refractivity contribution in [1.29, 1.82) is 0 Å². The number of carbonyl (C=O) groups excluding carboxylic acids is 3. The zero-order chi connectivity index (χ0) is 21.1. The second-order valence-corrected chi connectivity index (χ2v) is 8.05. The molecule has 148 valence electrons. The van der Waals surface area contributed by atoms with Crippen molar-refractivity contribution in [2.45, 2.75) is 38.9 Å². The third-order valence-corrected chi connectivity index (χ3v) is 4.73. The van der Waals surface area contributed by atoms with Crippen LogP contribution in [-0.4, -0.2) is 18.7 Å². The first-order valence-corrected chi connectivity index (χ1v) is 9.18. The van der Waals surface area contributed by atoms with E-state index in [1.54, 1.807) is 52.0 Å². The van der Waals surface area contributed by atoms with Gasteiger partial charge in [-0.3, -0.25) is 9.59 Å². The Labute approximate surface area is 173 Å². The van der Waals surface area contributed by atoms with E-state index in [-0.39, 0.29) is 0 Å². The van der Waals surface area contributed by atoms with E-state index >= 15 is 0 Å². The second kappa shape index (κ2) is 8.33. The van der Waals surface area contributed by atoms with Gasteiger partial charge < -0.3 is 9.47 Å². The van der Waals surface area contributed by atoms with Gasteiger partial charge in [0.1, 0.15) is 11.2 Å². The summed E-state index contributed by atoms with van der Waals surface area (Å²) in [5.74, 6) is 0. The molecule has 0 saturated heterocycles. The minimum atomic E-state index is -1.15. The van der Waals surface area contributed by atoms with Crippen LogP contribution in [0.25, 0.3) is 0 Å². The van der Waals surface area contributed by atoms with E-state index in [4.69, 9.17) is 32.7 Å². The summed E-state index contributed by atoms with van der Waals surface area (Å²) in [6.45, 7) is 6.54. The number of hydrogen-bond acceptors (Lipinski definition) is 5. The molecule has 0 aliphatic rings. The minimum absolute atomic E-state index is 0.311. The Bertz CT molecular complexity index is 846. The Morgan fingerprint density at radius 3 is 1.46 bits per heavy atom. The van der Waals surface area contributed by atoms with Crippen molar-refractivity contribution in [2.24, 2.45) is 0 Å². The molecule has 0 heterocycles. The van der Waals surface area contributed by atoms with Crippen LogP contribution in [-0.2, 0) is 20.7 Å². The van der Waals surface area contributed by atoms with Gasteiger partial charge in [-0.05, 0) is 52.0 Å². The molecule has 0 amide bonds. The smallest absolute Gasteiger partial charge is 0.423 e. The van der Waals surface area contributed by atoms with Gasteiger partial charge in [-0.2, -0.15) is 0 Å². The van der Waals surface area contributed by atoms with Gasteiger partial charge in [-0.1, -0.05) is 35.3 Å². The Morgan fingerprint density at radius 1 is 0.786 bits per heavy atom. The Kier molecular flexibility index (Phi) is 6.52. The molecule has 0 unspecified atom stereocenters. The zero-order valence-electron chi connectivity index (χ0n) is 15.9. The monoisotopic (exact) mass is 422 g/mol. The van der Waals surface area contributed by atoms with Crippen LogP contribution in [0.2, 0.25) is 10.0 Å². The first-order chi connectivity index (χ1) is 13.0. The van der Waals surface area contributed by atoms with Crippen molar-refractivity contribution in [3.8, 4) is 0 Å². The van der Waals surface area contributed by atoms with Crippen LogP contribution in [0.3, 0.4) is 0 Å². The van der Waals surface area contributed by atoms with Crippen molar-refractivity contribution in [2.75, 3.05) is 0 Å². The molecule has 0 aliphatic heterocycles. The van der Waals surface area contributed by atoms with Crippen molar-refractivity contribution < 1.29 is 23.9 Å². The Hall–Kier alpha value is -2.37. The molecule has 2 aromatic rings. The number of aldehydes is 2. The van der Waals surface area contributed by atoms with Crippen molar-refractivity contribution in [3.05, 3.63) is 68.7 Å². The van der Waals surface area contributed by atoms with Gasteiger partial charge in [0.2, 0.25) is 0 Å². The molecule has 0 N–H and O–H groups in total. The van der Waals surface area contributed by atoms with E-state index < -0.39 is 17.4 Å². The maximum absolute atomic E-state index is 12.5. The van der Waals surface area contributed by atoms with E-state index in [9.17, 15) is 14.4 Å². The van der Waals surface area contributed by atoms with Gasteiger partial charge in [0, 0.05) is 32.3 Å². The highest BCUT2D eigenvalue weighted by Gasteiger charge is 2.34. The van der Waals surface area contributed by atoms with Gasteiger partial charge in [0.15, 0.2) is 12.6 Å². The molecule has 0 fully saturated rings. The van der Waals surface area contributed by atoms with Gasteiger partial charge in [0.05, 0.1) is 0 Å². The van der Waals surface area contributed by atoms with Gasteiger partial charge in [0.25, 0.3) is 0 Å². The molecule has 0 saturated carbocycles. The van der Waals surface area contributed by atoms with E-state index in [1.807, 2.05) is 0 Å². The number of rotatable bonds is 6. The molecular weight excluding hydrogens is 403 g/mol. The Balaban J connectivity index is 2.25. The van der Waals surface area contributed by atoms with Gasteiger partial charge in [-0.15, -0.1) is 0 Å². The number of hydrogen-bond donors (Lipinski definition) is 0. The fraction of sp³-hybridized carbons (Fsp3) is 0.286. The molecule has 2 rings (SSSR count). The highest BCUT2D eigenvalue weighted by molar-refractivity contribution is 6.31. The number of benzene rings is 2. The normalized spacial score (nSPS) is 11.6. The standard InChI is InChI=1S/C21H20Cl2O5/c1-20(2,17-7-5-15(22)9-13(17)11-24)27-19(26)28-21(3,4)18-8-6-16(23)10-14(18)12-25/h5-12H,1-4H3. The minimum Gasteiger partial charge on any atom is -0.423 e. The summed E-state index contributed by atoms with van der Waals surface area (Å²) >= 11 is 11.8. The third kappa shape index (κ3) is 4.91. The maximum Gasteiger partial charge on any atom is 0.510 e. The molecule has 0 bridgehead atoms. The molecule has 28 heavy (non-hydrogen) atoms. The van der Waals surface area contributed by atoms with Gasteiger partial charge >= 0.3 is 6.16 Å². The highest BCUT2D eigenvalue weighted by atomic mass is 35.5. The molecule has 0 radical (unpaired) electrons. The largest absolute Gasteiger partial charge is 0.510 e. The molecule has 0 aliphatic carbocycles. The zero-order valence-corrected chi connectivity index (χ0v) is 17.4. The van der Waals surface area contributed by atoms with Crippen molar-refractivity contribution >= 4 is 41.9 Å². The molecule has 7 heteroatoms. The van der Waals surface area contributed by atoms with Crippen molar-refractivity contribution in [1.82, 2.24) is 0 Å². The number of halogens is 2. The first kappa shape index (κ1) is 21.9. The fourth-order valence-electron chi connectivity index (χ4n) is 2.91. The lowest BCUT2D eigenvalue weighted by molar-refractivity contribution is -0.0636. The van der Waals surface area contributed by atoms with Crippen molar-refractivity contribution in [3.63, 3.8) is 0 Å². The molecular formula is C21H20Cl2O5. The summed E-state index contributed by atoms with van der Waals surface area (Å²) in [6.07, 6.45) is 0.339. The lowest BCUT2D eigenvalue weighted by Crippen LogP contribution is -2.33. The number of carbonyl (C=O) groups is 3. The second-order valence-electron chi connectivity index (χ2n) is 7.17. The molecule has 0 atom stereocenters. The fourth-order valence-corrected chi connectivity index (χ4v) is 3.27. The summed E-state index contributed by atoms with van der Waals surface area (Å²) in [5.41, 5.74) is -0.706. The first-order valence-electron chi connectivity index (χ1n) is 8.42. The Morgan fingerprint density at radius 2 is 1.14 bits per heavy atom. The van der Waals surface area contributed by atoms with E-state index in [0.717, 1.165) is 0 Å². The molecule has 2 aromatic carbocycles. The molecule has 5 nitrogen and oxygen atoms in total. The summed E-state index contributed by atoms with van der Waals surface area (Å²) in [5, 5.41) is 0.795. The van der Waals surface area contributed by atoms with Crippen LogP contribution in [0.15, 0.2) is 36.4 Å².